The maximum Gasteiger partial charge on any atom is 0.324 e. The van der Waals surface area contributed by atoms with Crippen molar-refractivity contribution < 1.29 is 4.52 Å². The standard InChI is InChI=1S/C12H20N4O/c1-9-14-12(17-15-9)16(11-4-5-11)8-10-3-2-6-13-7-10/h10-11,13H,2-8H2,1H3. The van der Waals surface area contributed by atoms with E-state index in [4.69, 9.17) is 4.52 Å². The second-order valence-electron chi connectivity index (χ2n) is 5.22. The average Bonchev–Trinajstić information content (AvgIpc) is 3.10. The summed E-state index contributed by atoms with van der Waals surface area (Å²) in [7, 11) is 0. The van der Waals surface area contributed by atoms with Crippen molar-refractivity contribution in [2.75, 3.05) is 24.5 Å². The molecule has 94 valence electrons. The summed E-state index contributed by atoms with van der Waals surface area (Å²) in [6.45, 7) is 5.22. The van der Waals surface area contributed by atoms with Gasteiger partial charge in [0.2, 0.25) is 0 Å². The van der Waals surface area contributed by atoms with E-state index in [2.05, 4.69) is 20.4 Å². The molecular weight excluding hydrogens is 216 g/mol. The van der Waals surface area contributed by atoms with Gasteiger partial charge < -0.3 is 14.7 Å². The minimum Gasteiger partial charge on any atom is -0.321 e. The SMILES string of the molecule is Cc1noc(N(CC2CCCNC2)C2CC2)n1. The molecule has 2 heterocycles. The number of hydrogen-bond donors (Lipinski definition) is 1. The molecule has 5 nitrogen and oxygen atoms in total. The van der Waals surface area contributed by atoms with Crippen LogP contribution in [-0.4, -0.2) is 35.8 Å². The normalized spacial score (nSPS) is 24.9. The third-order valence-electron chi connectivity index (χ3n) is 3.60. The minimum absolute atomic E-state index is 0.636. The average molecular weight is 236 g/mol. The first-order valence-corrected chi connectivity index (χ1v) is 6.60. The molecule has 0 aromatic carbocycles. The summed E-state index contributed by atoms with van der Waals surface area (Å²) in [4.78, 5) is 6.68. The third kappa shape index (κ3) is 2.60. The van der Waals surface area contributed by atoms with E-state index < -0.39 is 0 Å². The predicted molar refractivity (Wildman–Crippen MR) is 65.0 cm³/mol. The van der Waals surface area contributed by atoms with Gasteiger partial charge in [-0.3, -0.25) is 0 Å². The van der Waals surface area contributed by atoms with E-state index in [9.17, 15) is 0 Å². The number of aromatic nitrogens is 2. The first-order chi connectivity index (χ1) is 8.33. The van der Waals surface area contributed by atoms with Crippen molar-refractivity contribution in [2.24, 2.45) is 5.92 Å². The summed E-state index contributed by atoms with van der Waals surface area (Å²) in [5.41, 5.74) is 0. The summed E-state index contributed by atoms with van der Waals surface area (Å²) in [6, 6.07) is 1.35. The van der Waals surface area contributed by atoms with E-state index >= 15 is 0 Å². The van der Waals surface area contributed by atoms with Crippen LogP contribution in [0, 0.1) is 12.8 Å². The highest BCUT2D eigenvalue weighted by Gasteiger charge is 2.34. The van der Waals surface area contributed by atoms with Gasteiger partial charge in [0.25, 0.3) is 0 Å². The number of rotatable bonds is 4. The summed E-state index contributed by atoms with van der Waals surface area (Å²) < 4.78 is 5.31. The number of anilines is 1. The van der Waals surface area contributed by atoms with Gasteiger partial charge in [-0.15, -0.1) is 0 Å². The van der Waals surface area contributed by atoms with Crippen LogP contribution in [0.5, 0.6) is 0 Å². The molecule has 1 aliphatic heterocycles. The highest BCUT2D eigenvalue weighted by molar-refractivity contribution is 5.30. The quantitative estimate of drug-likeness (QED) is 0.855. The van der Waals surface area contributed by atoms with Crippen LogP contribution < -0.4 is 10.2 Å². The molecule has 0 bridgehead atoms. The Labute approximate surface area is 102 Å². The highest BCUT2D eigenvalue weighted by Crippen LogP contribution is 2.32. The van der Waals surface area contributed by atoms with Crippen molar-refractivity contribution in [3.63, 3.8) is 0 Å². The first-order valence-electron chi connectivity index (χ1n) is 6.60. The van der Waals surface area contributed by atoms with Crippen molar-refractivity contribution >= 4 is 6.01 Å². The second-order valence-corrected chi connectivity index (χ2v) is 5.22. The lowest BCUT2D eigenvalue weighted by atomic mass is 9.99. The fourth-order valence-corrected chi connectivity index (χ4v) is 2.53. The van der Waals surface area contributed by atoms with Gasteiger partial charge >= 0.3 is 6.01 Å². The Morgan fingerprint density at radius 1 is 1.41 bits per heavy atom. The maximum absolute atomic E-state index is 5.31. The molecule has 1 N–H and O–H groups in total. The van der Waals surface area contributed by atoms with Crippen LogP contribution in [0.2, 0.25) is 0 Å². The lowest BCUT2D eigenvalue weighted by Gasteiger charge is -2.28. The van der Waals surface area contributed by atoms with Crippen molar-refractivity contribution in [1.29, 1.82) is 0 Å². The lowest BCUT2D eigenvalue weighted by molar-refractivity contribution is 0.355. The number of piperidine rings is 1. The Morgan fingerprint density at radius 3 is 2.88 bits per heavy atom. The predicted octanol–water partition coefficient (Wildman–Crippen LogP) is 1.35. The van der Waals surface area contributed by atoms with E-state index in [0.717, 1.165) is 30.8 Å². The molecule has 0 radical (unpaired) electrons. The van der Waals surface area contributed by atoms with Gasteiger partial charge in [0, 0.05) is 12.6 Å². The molecule has 2 aliphatic rings. The van der Waals surface area contributed by atoms with Crippen LogP contribution in [0.15, 0.2) is 4.52 Å². The zero-order valence-corrected chi connectivity index (χ0v) is 10.4. The Morgan fingerprint density at radius 2 is 2.29 bits per heavy atom. The smallest absolute Gasteiger partial charge is 0.321 e. The fourth-order valence-electron chi connectivity index (χ4n) is 2.53. The van der Waals surface area contributed by atoms with E-state index in [1.165, 1.54) is 32.2 Å². The molecule has 0 spiro atoms. The second kappa shape index (κ2) is 4.64. The molecule has 1 unspecified atom stereocenters. The third-order valence-corrected chi connectivity index (χ3v) is 3.60. The number of nitrogens with zero attached hydrogens (tertiary/aromatic N) is 3. The molecule has 5 heteroatoms. The molecule has 1 aliphatic carbocycles. The van der Waals surface area contributed by atoms with Crippen LogP contribution in [-0.2, 0) is 0 Å². The molecule has 17 heavy (non-hydrogen) atoms. The fraction of sp³-hybridized carbons (Fsp3) is 0.833. The highest BCUT2D eigenvalue weighted by atomic mass is 16.5. The molecule has 1 aromatic rings. The van der Waals surface area contributed by atoms with Crippen molar-refractivity contribution in [1.82, 2.24) is 15.5 Å². The zero-order valence-electron chi connectivity index (χ0n) is 10.4. The van der Waals surface area contributed by atoms with Gasteiger partial charge in [0.1, 0.15) is 0 Å². The van der Waals surface area contributed by atoms with E-state index in [1.54, 1.807) is 0 Å². The molecule has 1 saturated heterocycles. The number of hydrogen-bond acceptors (Lipinski definition) is 5. The largest absolute Gasteiger partial charge is 0.324 e. The van der Waals surface area contributed by atoms with Gasteiger partial charge in [0.05, 0.1) is 0 Å². The molecule has 3 rings (SSSR count). The Kier molecular flexibility index (Phi) is 3.01. The Balaban J connectivity index is 1.67. The van der Waals surface area contributed by atoms with Gasteiger partial charge in [-0.2, -0.15) is 4.98 Å². The molecule has 1 saturated carbocycles. The molecule has 2 fully saturated rings. The molecule has 1 aromatic heterocycles. The molecule has 1 atom stereocenters. The monoisotopic (exact) mass is 236 g/mol. The zero-order chi connectivity index (χ0) is 11.7. The Hall–Kier alpha value is -1.10. The van der Waals surface area contributed by atoms with Crippen LogP contribution in [0.25, 0.3) is 0 Å². The van der Waals surface area contributed by atoms with Crippen LogP contribution in [0.3, 0.4) is 0 Å². The summed E-state index contributed by atoms with van der Waals surface area (Å²) in [5.74, 6) is 1.45. The summed E-state index contributed by atoms with van der Waals surface area (Å²) in [6.07, 6.45) is 5.12. The van der Waals surface area contributed by atoms with Crippen LogP contribution in [0.1, 0.15) is 31.5 Å². The Bertz CT molecular complexity index is 368. The van der Waals surface area contributed by atoms with E-state index in [1.807, 2.05) is 6.92 Å². The topological polar surface area (TPSA) is 54.2 Å². The lowest BCUT2D eigenvalue weighted by Crippen LogP contribution is -2.39. The van der Waals surface area contributed by atoms with Gasteiger partial charge in [-0.25, -0.2) is 0 Å². The number of nitrogens with one attached hydrogen (secondary N) is 1. The minimum atomic E-state index is 0.636. The van der Waals surface area contributed by atoms with Gasteiger partial charge in [0.15, 0.2) is 5.82 Å². The maximum atomic E-state index is 5.31. The van der Waals surface area contributed by atoms with E-state index in [-0.39, 0.29) is 0 Å². The van der Waals surface area contributed by atoms with Crippen LogP contribution >= 0.6 is 0 Å². The van der Waals surface area contributed by atoms with Crippen molar-refractivity contribution in [3.05, 3.63) is 5.82 Å². The van der Waals surface area contributed by atoms with Gasteiger partial charge in [-0.1, -0.05) is 5.16 Å². The summed E-state index contributed by atoms with van der Waals surface area (Å²) >= 11 is 0. The summed E-state index contributed by atoms with van der Waals surface area (Å²) in [5, 5.41) is 7.36. The van der Waals surface area contributed by atoms with Gasteiger partial charge in [-0.05, 0) is 51.6 Å². The molecule has 0 amide bonds. The number of aryl methyl sites for hydroxylation is 1. The van der Waals surface area contributed by atoms with Crippen molar-refractivity contribution in [2.45, 2.75) is 38.6 Å². The van der Waals surface area contributed by atoms with Crippen LogP contribution in [0.4, 0.5) is 6.01 Å². The van der Waals surface area contributed by atoms with E-state index in [0.29, 0.717) is 6.04 Å². The molecular formula is C12H20N4O. The first kappa shape index (κ1) is 11.0. The van der Waals surface area contributed by atoms with Crippen molar-refractivity contribution in [3.8, 4) is 0 Å².